The van der Waals surface area contributed by atoms with Gasteiger partial charge in [-0.15, -0.1) is 0 Å². The Hall–Kier alpha value is -2.87. The highest BCUT2D eigenvalue weighted by Gasteiger charge is 2.19. The second kappa shape index (κ2) is 7.14. The molecule has 0 spiro atoms. The van der Waals surface area contributed by atoms with Crippen molar-refractivity contribution in [3.8, 4) is 22.1 Å². The van der Waals surface area contributed by atoms with Crippen LogP contribution in [0.25, 0.3) is 22.1 Å². The Morgan fingerprint density at radius 1 is 1.17 bits per heavy atom. The second-order valence-electron chi connectivity index (χ2n) is 4.93. The van der Waals surface area contributed by atoms with E-state index in [9.17, 15) is 9.59 Å². The van der Waals surface area contributed by atoms with Gasteiger partial charge in [0, 0.05) is 19.9 Å². The molecule has 24 heavy (non-hydrogen) atoms. The standard InChI is InChI=1S/C16H15N3O4S/c1-10(20)17-7-6-13(21)18-16-19-14(11-4-2-8-22-11)15(24-16)12-5-3-9-23-12/h2-5,8-9H,6-7H2,1H3,(H,17,20)(H,18,19,21). The van der Waals surface area contributed by atoms with E-state index in [0.29, 0.717) is 22.3 Å². The molecule has 3 aromatic heterocycles. The maximum Gasteiger partial charge on any atom is 0.227 e. The first-order valence-corrected chi connectivity index (χ1v) is 8.08. The molecular weight excluding hydrogens is 330 g/mol. The minimum absolute atomic E-state index is 0.169. The van der Waals surface area contributed by atoms with Crippen molar-refractivity contribution in [1.82, 2.24) is 10.3 Å². The van der Waals surface area contributed by atoms with E-state index in [2.05, 4.69) is 15.6 Å². The molecule has 0 atom stereocenters. The molecular formula is C16H15N3O4S. The number of amides is 2. The minimum Gasteiger partial charge on any atom is -0.463 e. The molecule has 2 N–H and O–H groups in total. The largest absolute Gasteiger partial charge is 0.463 e. The van der Waals surface area contributed by atoms with Crippen molar-refractivity contribution in [2.45, 2.75) is 13.3 Å². The van der Waals surface area contributed by atoms with Gasteiger partial charge < -0.3 is 19.5 Å². The molecule has 7 nitrogen and oxygen atoms in total. The molecule has 0 fully saturated rings. The summed E-state index contributed by atoms with van der Waals surface area (Å²) in [5.74, 6) is 0.848. The van der Waals surface area contributed by atoms with Crippen LogP contribution in [0.4, 0.5) is 5.13 Å². The fraction of sp³-hybridized carbons (Fsp3) is 0.188. The van der Waals surface area contributed by atoms with Gasteiger partial charge in [0.25, 0.3) is 0 Å². The van der Waals surface area contributed by atoms with Crippen LogP contribution in [0.2, 0.25) is 0 Å². The van der Waals surface area contributed by atoms with Gasteiger partial charge in [-0.3, -0.25) is 9.59 Å². The monoisotopic (exact) mass is 345 g/mol. The fourth-order valence-corrected chi connectivity index (χ4v) is 3.02. The molecule has 0 aromatic carbocycles. The van der Waals surface area contributed by atoms with Crippen molar-refractivity contribution < 1.29 is 18.4 Å². The van der Waals surface area contributed by atoms with E-state index in [0.717, 1.165) is 4.88 Å². The zero-order valence-corrected chi connectivity index (χ0v) is 13.7. The summed E-state index contributed by atoms with van der Waals surface area (Å²) in [4.78, 5) is 28.0. The lowest BCUT2D eigenvalue weighted by Crippen LogP contribution is -2.25. The summed E-state index contributed by atoms with van der Waals surface area (Å²) < 4.78 is 10.8. The molecule has 8 heteroatoms. The molecule has 2 amide bonds. The molecule has 0 aliphatic rings. The van der Waals surface area contributed by atoms with E-state index >= 15 is 0 Å². The summed E-state index contributed by atoms with van der Waals surface area (Å²) in [6.07, 6.45) is 3.31. The van der Waals surface area contributed by atoms with Gasteiger partial charge in [-0.05, 0) is 24.3 Å². The van der Waals surface area contributed by atoms with Crippen LogP contribution < -0.4 is 10.6 Å². The Morgan fingerprint density at radius 3 is 2.50 bits per heavy atom. The zero-order valence-electron chi connectivity index (χ0n) is 12.9. The number of hydrogen-bond donors (Lipinski definition) is 2. The van der Waals surface area contributed by atoms with Crippen molar-refractivity contribution in [2.24, 2.45) is 0 Å². The van der Waals surface area contributed by atoms with Gasteiger partial charge in [0.2, 0.25) is 11.8 Å². The number of thiazole rings is 1. The molecule has 3 aromatic rings. The molecule has 3 heterocycles. The van der Waals surface area contributed by atoms with Gasteiger partial charge in [0.15, 0.2) is 10.9 Å². The summed E-state index contributed by atoms with van der Waals surface area (Å²) in [7, 11) is 0. The summed E-state index contributed by atoms with van der Waals surface area (Å²) in [6.45, 7) is 1.69. The fourth-order valence-electron chi connectivity index (χ4n) is 2.06. The van der Waals surface area contributed by atoms with Crippen molar-refractivity contribution in [3.63, 3.8) is 0 Å². The topological polar surface area (TPSA) is 97.4 Å². The Bertz CT molecular complexity index is 770. The van der Waals surface area contributed by atoms with E-state index < -0.39 is 0 Å². The van der Waals surface area contributed by atoms with Gasteiger partial charge in [-0.2, -0.15) is 0 Å². The quantitative estimate of drug-likeness (QED) is 0.715. The lowest BCUT2D eigenvalue weighted by Gasteiger charge is -2.02. The first kappa shape index (κ1) is 16.0. The molecule has 0 radical (unpaired) electrons. The number of rotatable bonds is 6. The lowest BCUT2D eigenvalue weighted by atomic mass is 10.2. The van der Waals surface area contributed by atoms with Crippen LogP contribution in [0.3, 0.4) is 0 Å². The third-order valence-corrected chi connectivity index (χ3v) is 4.08. The van der Waals surface area contributed by atoms with Gasteiger partial charge in [0.05, 0.1) is 12.5 Å². The van der Waals surface area contributed by atoms with Crippen LogP contribution in [-0.2, 0) is 9.59 Å². The normalized spacial score (nSPS) is 10.5. The van der Waals surface area contributed by atoms with Gasteiger partial charge >= 0.3 is 0 Å². The number of carbonyl (C=O) groups is 2. The van der Waals surface area contributed by atoms with Crippen LogP contribution >= 0.6 is 11.3 Å². The number of anilines is 1. The highest BCUT2D eigenvalue weighted by molar-refractivity contribution is 7.19. The van der Waals surface area contributed by atoms with Crippen LogP contribution in [-0.4, -0.2) is 23.3 Å². The van der Waals surface area contributed by atoms with Crippen molar-refractivity contribution in [3.05, 3.63) is 36.8 Å². The van der Waals surface area contributed by atoms with Crippen LogP contribution in [0.15, 0.2) is 45.6 Å². The summed E-state index contributed by atoms with van der Waals surface area (Å²) in [6, 6.07) is 7.17. The predicted octanol–water partition coefficient (Wildman–Crippen LogP) is 3.13. The maximum absolute atomic E-state index is 11.9. The highest BCUT2D eigenvalue weighted by Crippen LogP contribution is 2.39. The van der Waals surface area contributed by atoms with Gasteiger partial charge in [-0.1, -0.05) is 11.3 Å². The third-order valence-electron chi connectivity index (χ3n) is 3.10. The summed E-state index contributed by atoms with van der Waals surface area (Å²) in [5.41, 5.74) is 0.608. The SMILES string of the molecule is CC(=O)NCCC(=O)Nc1nc(-c2ccco2)c(-c2ccco2)s1. The summed E-state index contributed by atoms with van der Waals surface area (Å²) in [5, 5.41) is 5.76. The highest BCUT2D eigenvalue weighted by atomic mass is 32.1. The first-order valence-electron chi connectivity index (χ1n) is 7.26. The molecule has 0 saturated carbocycles. The molecule has 0 unspecified atom stereocenters. The first-order chi connectivity index (χ1) is 11.6. The lowest BCUT2D eigenvalue weighted by molar-refractivity contribution is -0.119. The minimum atomic E-state index is -0.227. The number of nitrogens with zero attached hydrogens (tertiary/aromatic N) is 1. The molecule has 124 valence electrons. The van der Waals surface area contributed by atoms with Crippen molar-refractivity contribution in [2.75, 3.05) is 11.9 Å². The number of carbonyl (C=O) groups excluding carboxylic acids is 2. The Kier molecular flexibility index (Phi) is 4.76. The summed E-state index contributed by atoms with van der Waals surface area (Å²) >= 11 is 1.30. The van der Waals surface area contributed by atoms with Gasteiger partial charge in [-0.25, -0.2) is 4.98 Å². The number of hydrogen-bond acceptors (Lipinski definition) is 6. The molecule has 0 saturated heterocycles. The van der Waals surface area contributed by atoms with Crippen LogP contribution in [0.1, 0.15) is 13.3 Å². The van der Waals surface area contributed by atoms with Gasteiger partial charge in [0.1, 0.15) is 16.3 Å². The van der Waals surface area contributed by atoms with Crippen LogP contribution in [0.5, 0.6) is 0 Å². The second-order valence-corrected chi connectivity index (χ2v) is 5.93. The van der Waals surface area contributed by atoms with Crippen molar-refractivity contribution >= 4 is 28.3 Å². The molecule has 0 bridgehead atoms. The number of aromatic nitrogens is 1. The Morgan fingerprint density at radius 2 is 1.88 bits per heavy atom. The Balaban J connectivity index is 1.79. The van der Waals surface area contributed by atoms with E-state index in [4.69, 9.17) is 8.83 Å². The average molecular weight is 345 g/mol. The molecule has 3 rings (SSSR count). The Labute approximate surface area is 141 Å². The number of furan rings is 2. The predicted molar refractivity (Wildman–Crippen MR) is 89.4 cm³/mol. The number of nitrogens with one attached hydrogen (secondary N) is 2. The smallest absolute Gasteiger partial charge is 0.227 e. The van der Waals surface area contributed by atoms with E-state index in [1.54, 1.807) is 30.7 Å². The average Bonchev–Trinajstić information content (AvgIpc) is 3.28. The molecule has 0 aliphatic carbocycles. The zero-order chi connectivity index (χ0) is 16.9. The van der Waals surface area contributed by atoms with E-state index in [-0.39, 0.29) is 24.8 Å². The molecule has 0 aliphatic heterocycles. The van der Waals surface area contributed by atoms with Crippen LogP contribution in [0, 0.1) is 0 Å². The van der Waals surface area contributed by atoms with E-state index in [1.165, 1.54) is 18.3 Å². The van der Waals surface area contributed by atoms with Crippen molar-refractivity contribution in [1.29, 1.82) is 0 Å². The van der Waals surface area contributed by atoms with E-state index in [1.807, 2.05) is 6.07 Å². The maximum atomic E-state index is 11.9. The third kappa shape index (κ3) is 3.72.